The van der Waals surface area contributed by atoms with Crippen LogP contribution in [0.3, 0.4) is 0 Å². The van der Waals surface area contributed by atoms with E-state index < -0.39 is 16.6 Å². The van der Waals surface area contributed by atoms with Crippen molar-refractivity contribution in [2.75, 3.05) is 7.05 Å². The summed E-state index contributed by atoms with van der Waals surface area (Å²) in [6.45, 7) is 0.240. The van der Waals surface area contributed by atoms with Crippen molar-refractivity contribution < 1.29 is 14.3 Å². The molecule has 6 heteroatoms. The highest BCUT2D eigenvalue weighted by molar-refractivity contribution is 9.10. The third kappa shape index (κ3) is 4.31. The number of carbonyl (C=O) groups excluding carboxylic acids is 1. The van der Waals surface area contributed by atoms with E-state index in [0.29, 0.717) is 5.02 Å². The lowest BCUT2D eigenvalue weighted by Crippen LogP contribution is -2.43. The molecule has 0 aliphatic heterocycles. The number of halogens is 3. The van der Waals surface area contributed by atoms with Gasteiger partial charge in [-0.25, -0.2) is 4.39 Å². The Morgan fingerprint density at radius 2 is 1.83 bits per heavy atom. The van der Waals surface area contributed by atoms with Crippen LogP contribution in [-0.4, -0.2) is 27.5 Å². The fourth-order valence-electron chi connectivity index (χ4n) is 2.15. The van der Waals surface area contributed by atoms with E-state index in [-0.39, 0.29) is 12.1 Å². The Hall–Kier alpha value is -1.43. The zero-order chi connectivity index (χ0) is 17.0. The number of nitrogens with zero attached hydrogens (tertiary/aromatic N) is 1. The lowest BCUT2D eigenvalue weighted by atomic mass is 10.0. The molecule has 0 fully saturated rings. The van der Waals surface area contributed by atoms with Gasteiger partial charge in [-0.3, -0.25) is 4.79 Å². The van der Waals surface area contributed by atoms with Crippen LogP contribution in [0.4, 0.5) is 4.39 Å². The molecule has 23 heavy (non-hydrogen) atoms. The number of alkyl halides is 2. The third-order valence-corrected chi connectivity index (χ3v) is 4.45. The Labute approximate surface area is 147 Å². The molecular weight excluding hydrogens is 385 g/mol. The van der Waals surface area contributed by atoms with E-state index in [0.717, 1.165) is 5.56 Å². The van der Waals surface area contributed by atoms with Crippen molar-refractivity contribution in [3.8, 4) is 0 Å². The minimum atomic E-state index is -2.62. The van der Waals surface area contributed by atoms with Crippen LogP contribution in [0, 0.1) is 0 Å². The average Bonchev–Trinajstić information content (AvgIpc) is 2.55. The molecule has 0 spiro atoms. The quantitative estimate of drug-likeness (QED) is 0.768. The predicted octanol–water partition coefficient (Wildman–Crippen LogP) is 4.09. The minimum absolute atomic E-state index is 0.240. The number of amides is 1. The summed E-state index contributed by atoms with van der Waals surface area (Å²) in [6, 6.07) is 15.2. The summed E-state index contributed by atoms with van der Waals surface area (Å²) in [5.41, 5.74) is 1.13. The molecule has 0 saturated heterocycles. The molecule has 0 radical (unpaired) electrons. The predicted molar refractivity (Wildman–Crippen MR) is 92.1 cm³/mol. The van der Waals surface area contributed by atoms with Crippen molar-refractivity contribution in [1.29, 1.82) is 0 Å². The Kier molecular flexibility index (Phi) is 5.79. The number of carbonyl (C=O) groups is 1. The number of benzene rings is 2. The summed E-state index contributed by atoms with van der Waals surface area (Å²) in [5, 5.41) is 10.7. The standard InChI is InChI=1S/C17H16BrClFNO2/c1-21(11-12-5-3-2-4-6-12)16(23)17(18,20)15(22)13-7-9-14(19)10-8-13/h2-10,15,22H,11H2,1H3/t15-,17-/m0/s1. The molecule has 0 unspecified atom stereocenters. The molecule has 1 N–H and O–H groups in total. The monoisotopic (exact) mass is 399 g/mol. The molecule has 2 rings (SSSR count). The van der Waals surface area contributed by atoms with Crippen molar-refractivity contribution in [3.05, 3.63) is 70.7 Å². The third-order valence-electron chi connectivity index (χ3n) is 3.42. The number of aliphatic hydroxyl groups is 1. The van der Waals surface area contributed by atoms with Gasteiger partial charge in [0.05, 0.1) is 0 Å². The van der Waals surface area contributed by atoms with Gasteiger partial charge in [0.15, 0.2) is 0 Å². The first-order valence-corrected chi connectivity index (χ1v) is 8.10. The first kappa shape index (κ1) is 17.9. The summed E-state index contributed by atoms with van der Waals surface area (Å²) in [5.74, 6) is -0.858. The van der Waals surface area contributed by atoms with Crippen LogP contribution < -0.4 is 0 Å². The average molecular weight is 401 g/mol. The summed E-state index contributed by atoms with van der Waals surface area (Å²) in [7, 11) is 1.49. The van der Waals surface area contributed by atoms with Crippen molar-refractivity contribution in [1.82, 2.24) is 4.90 Å². The van der Waals surface area contributed by atoms with E-state index >= 15 is 0 Å². The summed E-state index contributed by atoms with van der Waals surface area (Å²) < 4.78 is 12.2. The largest absolute Gasteiger partial charge is 0.384 e. The first-order valence-electron chi connectivity index (χ1n) is 6.93. The molecule has 3 nitrogen and oxygen atoms in total. The van der Waals surface area contributed by atoms with Gasteiger partial charge in [-0.05, 0) is 39.2 Å². The zero-order valence-corrected chi connectivity index (χ0v) is 14.8. The highest BCUT2D eigenvalue weighted by Gasteiger charge is 2.45. The van der Waals surface area contributed by atoms with Crippen molar-refractivity contribution in [2.45, 2.75) is 17.2 Å². The van der Waals surface area contributed by atoms with E-state index in [4.69, 9.17) is 11.6 Å². The van der Waals surface area contributed by atoms with Crippen LogP contribution >= 0.6 is 27.5 Å². The van der Waals surface area contributed by atoms with Gasteiger partial charge in [-0.1, -0.05) is 54.1 Å². The maximum absolute atomic E-state index is 14.9. The van der Waals surface area contributed by atoms with Gasteiger partial charge in [0.1, 0.15) is 6.10 Å². The van der Waals surface area contributed by atoms with Gasteiger partial charge in [0.2, 0.25) is 0 Å². The fourth-order valence-corrected chi connectivity index (χ4v) is 2.85. The molecule has 0 saturated carbocycles. The van der Waals surface area contributed by atoms with Crippen LogP contribution in [0.15, 0.2) is 54.6 Å². The molecule has 0 aliphatic carbocycles. The van der Waals surface area contributed by atoms with Crippen LogP contribution in [-0.2, 0) is 11.3 Å². The van der Waals surface area contributed by atoms with Gasteiger partial charge in [-0.15, -0.1) is 0 Å². The topological polar surface area (TPSA) is 40.5 Å². The molecule has 2 aromatic rings. The lowest BCUT2D eigenvalue weighted by Gasteiger charge is -2.28. The van der Waals surface area contributed by atoms with Crippen molar-refractivity contribution in [3.63, 3.8) is 0 Å². The SMILES string of the molecule is CN(Cc1ccccc1)C(=O)[C@](F)(Br)[C@@H](O)c1ccc(Cl)cc1. The summed E-state index contributed by atoms with van der Waals surface area (Å²) in [4.78, 5) is 13.6. The fraction of sp³-hybridized carbons (Fsp3) is 0.235. The van der Waals surface area contributed by atoms with Gasteiger partial charge in [-0.2, -0.15) is 0 Å². The maximum atomic E-state index is 14.9. The number of rotatable bonds is 5. The molecule has 122 valence electrons. The number of hydrogen-bond acceptors (Lipinski definition) is 2. The highest BCUT2D eigenvalue weighted by atomic mass is 79.9. The van der Waals surface area contributed by atoms with Crippen LogP contribution in [0.1, 0.15) is 17.2 Å². The van der Waals surface area contributed by atoms with Crippen molar-refractivity contribution >= 4 is 33.4 Å². The summed E-state index contributed by atoms with van der Waals surface area (Å²) in [6.07, 6.45) is -1.65. The molecule has 2 aromatic carbocycles. The van der Waals surface area contributed by atoms with Crippen molar-refractivity contribution in [2.24, 2.45) is 0 Å². The normalized spacial score (nSPS) is 14.8. The second-order valence-electron chi connectivity index (χ2n) is 5.22. The van der Waals surface area contributed by atoms with E-state index in [1.54, 1.807) is 0 Å². The van der Waals surface area contributed by atoms with Gasteiger partial charge >= 0.3 is 0 Å². The highest BCUT2D eigenvalue weighted by Crippen LogP contribution is 2.37. The van der Waals surface area contributed by atoms with Crippen LogP contribution in [0.5, 0.6) is 0 Å². The van der Waals surface area contributed by atoms with E-state index in [1.165, 1.54) is 36.2 Å². The first-order chi connectivity index (χ1) is 10.8. The molecule has 2 atom stereocenters. The van der Waals surface area contributed by atoms with E-state index in [1.807, 2.05) is 30.3 Å². The second-order valence-corrected chi connectivity index (χ2v) is 6.81. The van der Waals surface area contributed by atoms with Gasteiger partial charge in [0, 0.05) is 18.6 Å². The molecule has 0 aromatic heterocycles. The molecular formula is C17H16BrClFNO2. The smallest absolute Gasteiger partial charge is 0.274 e. The second kappa shape index (κ2) is 7.43. The van der Waals surface area contributed by atoms with E-state index in [9.17, 15) is 14.3 Å². The molecule has 0 aliphatic rings. The number of hydrogen-bond donors (Lipinski definition) is 1. The van der Waals surface area contributed by atoms with Crippen LogP contribution in [0.2, 0.25) is 5.02 Å². The van der Waals surface area contributed by atoms with E-state index in [2.05, 4.69) is 15.9 Å². The zero-order valence-electron chi connectivity index (χ0n) is 12.4. The maximum Gasteiger partial charge on any atom is 0.274 e. The molecule has 0 bridgehead atoms. The lowest BCUT2D eigenvalue weighted by molar-refractivity contribution is -0.142. The Bertz CT molecular complexity index is 664. The number of aliphatic hydroxyl groups excluding tert-OH is 1. The Balaban J connectivity index is 2.13. The van der Waals surface area contributed by atoms with Gasteiger partial charge in [0.25, 0.3) is 10.5 Å². The molecule has 1 amide bonds. The minimum Gasteiger partial charge on any atom is -0.384 e. The molecule has 0 heterocycles. The van der Waals surface area contributed by atoms with Crippen LogP contribution in [0.25, 0.3) is 0 Å². The summed E-state index contributed by atoms with van der Waals surface area (Å²) >= 11 is 8.51. The Morgan fingerprint density at radius 1 is 1.26 bits per heavy atom. The van der Waals surface area contributed by atoms with Gasteiger partial charge < -0.3 is 10.0 Å². The Morgan fingerprint density at radius 3 is 2.39 bits per heavy atom.